The number of pyridine rings is 1. The predicted molar refractivity (Wildman–Crippen MR) is 113 cm³/mol. The summed E-state index contributed by atoms with van der Waals surface area (Å²) in [4.78, 5) is 20.9. The van der Waals surface area contributed by atoms with Gasteiger partial charge in [-0.25, -0.2) is 4.79 Å². The number of carbonyl (C=O) groups excluding carboxylic acids is 1. The summed E-state index contributed by atoms with van der Waals surface area (Å²) in [5.74, 6) is 0. The van der Waals surface area contributed by atoms with Crippen LogP contribution >= 0.6 is 0 Å². The van der Waals surface area contributed by atoms with Crippen LogP contribution in [0, 0.1) is 0 Å². The number of rotatable bonds is 4. The van der Waals surface area contributed by atoms with Gasteiger partial charge in [0.15, 0.2) is 0 Å². The zero-order valence-corrected chi connectivity index (χ0v) is 15.2. The summed E-state index contributed by atoms with van der Waals surface area (Å²) in [6.45, 7) is 0. The number of carbonyl (C=O) groups is 1. The minimum atomic E-state index is -0.223. The molecule has 138 valence electrons. The van der Waals surface area contributed by atoms with E-state index in [1.54, 1.807) is 12.4 Å². The molecule has 5 heteroatoms. The number of amides is 2. The third-order valence-electron chi connectivity index (χ3n) is 4.44. The quantitative estimate of drug-likeness (QED) is 0.695. The lowest BCUT2D eigenvalue weighted by atomic mass is 10.0. The van der Waals surface area contributed by atoms with Crippen LogP contribution in [0.25, 0.3) is 12.2 Å². The van der Waals surface area contributed by atoms with Crippen molar-refractivity contribution in [2.24, 2.45) is 4.99 Å². The number of fused-ring (bicyclic) bond motifs is 1. The summed E-state index contributed by atoms with van der Waals surface area (Å²) in [6, 6.07) is 21.0. The number of aromatic nitrogens is 1. The first kappa shape index (κ1) is 17.7. The Kier molecular flexibility index (Phi) is 5.24. The second-order valence-corrected chi connectivity index (χ2v) is 6.50. The van der Waals surface area contributed by atoms with Gasteiger partial charge in [-0.15, -0.1) is 0 Å². The van der Waals surface area contributed by atoms with Crippen LogP contribution < -0.4 is 21.1 Å². The van der Waals surface area contributed by atoms with Crippen molar-refractivity contribution < 1.29 is 4.79 Å². The summed E-state index contributed by atoms with van der Waals surface area (Å²) in [6.07, 6.45) is 8.46. The van der Waals surface area contributed by atoms with Gasteiger partial charge in [0.2, 0.25) is 0 Å². The minimum absolute atomic E-state index is 0.0165. The number of nitrogens with zero attached hydrogens (tertiary/aromatic N) is 2. The van der Waals surface area contributed by atoms with Crippen LogP contribution in [-0.4, -0.2) is 23.3 Å². The van der Waals surface area contributed by atoms with E-state index in [9.17, 15) is 4.79 Å². The molecule has 1 aromatic heterocycles. The van der Waals surface area contributed by atoms with Gasteiger partial charge in [-0.2, -0.15) is 0 Å². The third-order valence-corrected chi connectivity index (χ3v) is 4.44. The Morgan fingerprint density at radius 1 is 1.00 bits per heavy atom. The Labute approximate surface area is 163 Å². The molecule has 28 heavy (non-hydrogen) atoms. The molecule has 0 bridgehead atoms. The molecule has 0 aliphatic heterocycles. The van der Waals surface area contributed by atoms with Crippen LogP contribution in [0.15, 0.2) is 77.9 Å². The number of aliphatic imine (C=N–C) groups is 1. The SMILES string of the molecule is O=C(Nc1ccc(N=Cc2ccccn2)cc1)NC1C=c2ccccc2=CC1. The first-order valence-corrected chi connectivity index (χ1v) is 9.16. The van der Waals surface area contributed by atoms with Gasteiger partial charge in [0.25, 0.3) is 0 Å². The number of hydrogen-bond donors (Lipinski definition) is 2. The van der Waals surface area contributed by atoms with Crippen LogP contribution in [0.2, 0.25) is 0 Å². The molecule has 2 aromatic carbocycles. The van der Waals surface area contributed by atoms with E-state index >= 15 is 0 Å². The van der Waals surface area contributed by atoms with Crippen LogP contribution in [0.5, 0.6) is 0 Å². The smallest absolute Gasteiger partial charge is 0.319 e. The molecule has 1 heterocycles. The normalized spacial score (nSPS) is 15.2. The average Bonchev–Trinajstić information content (AvgIpc) is 2.74. The van der Waals surface area contributed by atoms with Crippen LogP contribution in [0.1, 0.15) is 12.1 Å². The molecule has 2 N–H and O–H groups in total. The molecule has 1 aliphatic carbocycles. The van der Waals surface area contributed by atoms with Crippen molar-refractivity contribution in [3.63, 3.8) is 0 Å². The number of hydrogen-bond acceptors (Lipinski definition) is 3. The molecule has 0 spiro atoms. The molecule has 2 amide bonds. The van der Waals surface area contributed by atoms with E-state index in [2.05, 4.69) is 44.9 Å². The summed E-state index contributed by atoms with van der Waals surface area (Å²) in [5, 5.41) is 8.22. The zero-order valence-electron chi connectivity index (χ0n) is 15.2. The molecular weight excluding hydrogens is 348 g/mol. The maximum absolute atomic E-state index is 12.3. The molecule has 1 aliphatic rings. The number of benzene rings is 2. The van der Waals surface area contributed by atoms with Crippen LogP contribution in [0.3, 0.4) is 0 Å². The summed E-state index contributed by atoms with van der Waals surface area (Å²) in [7, 11) is 0. The largest absolute Gasteiger partial charge is 0.331 e. The highest BCUT2D eigenvalue weighted by Gasteiger charge is 2.11. The molecule has 0 saturated heterocycles. The Morgan fingerprint density at radius 2 is 1.79 bits per heavy atom. The van der Waals surface area contributed by atoms with E-state index in [-0.39, 0.29) is 12.1 Å². The lowest BCUT2D eigenvalue weighted by Gasteiger charge is -2.16. The highest BCUT2D eigenvalue weighted by molar-refractivity contribution is 5.90. The Hall–Kier alpha value is -3.73. The van der Waals surface area contributed by atoms with E-state index < -0.39 is 0 Å². The van der Waals surface area contributed by atoms with Gasteiger partial charge < -0.3 is 10.6 Å². The van der Waals surface area contributed by atoms with Gasteiger partial charge in [0.05, 0.1) is 23.6 Å². The maximum atomic E-state index is 12.3. The van der Waals surface area contributed by atoms with Crippen molar-refractivity contribution in [3.05, 3.63) is 89.1 Å². The number of nitrogens with one attached hydrogen (secondary N) is 2. The van der Waals surface area contributed by atoms with Gasteiger partial charge in [-0.1, -0.05) is 42.5 Å². The van der Waals surface area contributed by atoms with Crippen molar-refractivity contribution in [2.75, 3.05) is 5.32 Å². The highest BCUT2D eigenvalue weighted by atomic mass is 16.2. The van der Waals surface area contributed by atoms with E-state index in [1.807, 2.05) is 54.6 Å². The second-order valence-electron chi connectivity index (χ2n) is 6.50. The van der Waals surface area contributed by atoms with E-state index in [1.165, 1.54) is 5.22 Å². The van der Waals surface area contributed by atoms with Crippen molar-refractivity contribution in [1.29, 1.82) is 0 Å². The molecule has 0 saturated carbocycles. The highest BCUT2D eigenvalue weighted by Crippen LogP contribution is 2.16. The number of urea groups is 1. The fourth-order valence-electron chi connectivity index (χ4n) is 3.05. The molecular formula is C23H20N4O. The number of anilines is 1. The fraction of sp³-hybridized carbons (Fsp3) is 0.0870. The van der Waals surface area contributed by atoms with Crippen LogP contribution in [0.4, 0.5) is 16.2 Å². The lowest BCUT2D eigenvalue weighted by Crippen LogP contribution is -2.41. The molecule has 4 rings (SSSR count). The Bertz CT molecular complexity index is 1110. The van der Waals surface area contributed by atoms with Gasteiger partial charge in [-0.05, 0) is 53.3 Å². The van der Waals surface area contributed by atoms with E-state index in [0.717, 1.165) is 28.7 Å². The van der Waals surface area contributed by atoms with Crippen molar-refractivity contribution >= 4 is 35.8 Å². The van der Waals surface area contributed by atoms with Crippen molar-refractivity contribution in [1.82, 2.24) is 10.3 Å². The van der Waals surface area contributed by atoms with E-state index in [0.29, 0.717) is 0 Å². The minimum Gasteiger partial charge on any atom is -0.331 e. The maximum Gasteiger partial charge on any atom is 0.319 e. The van der Waals surface area contributed by atoms with Crippen molar-refractivity contribution in [3.8, 4) is 0 Å². The molecule has 1 atom stereocenters. The fourth-order valence-corrected chi connectivity index (χ4v) is 3.05. The molecule has 3 aromatic rings. The first-order chi connectivity index (χ1) is 13.8. The monoisotopic (exact) mass is 368 g/mol. The Morgan fingerprint density at radius 3 is 2.57 bits per heavy atom. The van der Waals surface area contributed by atoms with Crippen molar-refractivity contribution in [2.45, 2.75) is 12.5 Å². The zero-order chi connectivity index (χ0) is 19.2. The Balaban J connectivity index is 1.35. The van der Waals surface area contributed by atoms with E-state index in [4.69, 9.17) is 0 Å². The molecule has 5 nitrogen and oxygen atoms in total. The second kappa shape index (κ2) is 8.31. The molecule has 0 fully saturated rings. The van der Waals surface area contributed by atoms with Gasteiger partial charge in [0, 0.05) is 11.9 Å². The summed E-state index contributed by atoms with van der Waals surface area (Å²) in [5.41, 5.74) is 2.31. The van der Waals surface area contributed by atoms with Gasteiger partial charge in [0.1, 0.15) is 0 Å². The molecule has 1 unspecified atom stereocenters. The topological polar surface area (TPSA) is 66.4 Å². The summed E-state index contributed by atoms with van der Waals surface area (Å²) >= 11 is 0. The lowest BCUT2D eigenvalue weighted by molar-refractivity contribution is 0.251. The standard InChI is InChI=1S/C23H20N4O/c28-23(27-21-9-8-17-5-1-2-6-18(17)15-21)26-20-12-10-19(11-13-20)25-16-22-7-3-4-14-24-22/h1-8,10-16,21H,9H2,(H2,26,27,28). The van der Waals surface area contributed by atoms with Gasteiger partial charge in [-0.3, -0.25) is 9.98 Å². The van der Waals surface area contributed by atoms with Crippen LogP contribution in [-0.2, 0) is 0 Å². The predicted octanol–water partition coefficient (Wildman–Crippen LogP) is 2.99. The van der Waals surface area contributed by atoms with Gasteiger partial charge >= 0.3 is 6.03 Å². The average molecular weight is 368 g/mol. The first-order valence-electron chi connectivity index (χ1n) is 9.16. The molecule has 0 radical (unpaired) electrons. The summed E-state index contributed by atoms with van der Waals surface area (Å²) < 4.78 is 0. The third kappa shape index (κ3) is 4.51.